The Morgan fingerprint density at radius 3 is 2.25 bits per heavy atom. The van der Waals surface area contributed by atoms with E-state index in [2.05, 4.69) is 5.32 Å². The summed E-state index contributed by atoms with van der Waals surface area (Å²) in [4.78, 5) is 0. The molecule has 0 spiro atoms. The lowest BCUT2D eigenvalue weighted by atomic mass is 10.2. The van der Waals surface area contributed by atoms with Gasteiger partial charge in [-0.05, 0) is 36.4 Å². The molecular formula is C20H18ClNO2. The van der Waals surface area contributed by atoms with Crippen LogP contribution in [0.3, 0.4) is 0 Å². The summed E-state index contributed by atoms with van der Waals surface area (Å²) in [5.41, 5.74) is 2.95. The lowest BCUT2D eigenvalue weighted by Crippen LogP contribution is -2.03. The molecule has 0 saturated heterocycles. The molecule has 3 aromatic rings. The molecule has 0 radical (unpaired) electrons. The minimum atomic E-state index is 0.254. The second-order valence-corrected chi connectivity index (χ2v) is 5.80. The van der Waals surface area contributed by atoms with Gasteiger partial charge >= 0.3 is 0 Å². The molecule has 122 valence electrons. The van der Waals surface area contributed by atoms with Gasteiger partial charge in [-0.3, -0.25) is 0 Å². The Bertz CT molecular complexity index is 803. The second-order valence-electron chi connectivity index (χ2n) is 5.39. The first-order chi connectivity index (χ1) is 11.7. The van der Waals surface area contributed by atoms with Crippen LogP contribution < -0.4 is 10.1 Å². The second kappa shape index (κ2) is 7.75. The predicted molar refractivity (Wildman–Crippen MR) is 97.7 cm³/mol. The number of halogens is 1. The topological polar surface area (TPSA) is 41.5 Å². The summed E-state index contributed by atoms with van der Waals surface area (Å²) in [6.45, 7) is 1.05. The summed E-state index contributed by atoms with van der Waals surface area (Å²) in [5.74, 6) is 1.08. The van der Waals surface area contributed by atoms with E-state index < -0.39 is 0 Å². The summed E-state index contributed by atoms with van der Waals surface area (Å²) >= 11 is 6.17. The fraction of sp³-hybridized carbons (Fsp3) is 0.100. The van der Waals surface area contributed by atoms with E-state index in [1.165, 1.54) is 0 Å². The van der Waals surface area contributed by atoms with E-state index in [1.54, 1.807) is 12.1 Å². The first-order valence-corrected chi connectivity index (χ1v) is 8.07. The summed E-state index contributed by atoms with van der Waals surface area (Å²) < 4.78 is 5.95. The number of aromatic hydroxyl groups is 1. The summed E-state index contributed by atoms with van der Waals surface area (Å²) in [5, 5.41) is 13.4. The van der Waals surface area contributed by atoms with Crippen LogP contribution in [0.4, 0.5) is 5.69 Å². The number of ether oxygens (including phenoxy) is 1. The van der Waals surface area contributed by atoms with Gasteiger partial charge < -0.3 is 15.2 Å². The zero-order valence-electron chi connectivity index (χ0n) is 13.1. The molecule has 4 heteroatoms. The van der Waals surface area contributed by atoms with Crippen molar-refractivity contribution in [3.8, 4) is 11.5 Å². The smallest absolute Gasteiger partial charge is 0.124 e. The highest BCUT2D eigenvalue weighted by atomic mass is 35.5. The molecule has 3 nitrogen and oxygen atoms in total. The zero-order chi connectivity index (χ0) is 16.8. The molecule has 0 aliphatic carbocycles. The van der Waals surface area contributed by atoms with Crippen LogP contribution in [0.1, 0.15) is 11.1 Å². The van der Waals surface area contributed by atoms with Gasteiger partial charge in [0, 0.05) is 28.4 Å². The van der Waals surface area contributed by atoms with E-state index in [9.17, 15) is 5.11 Å². The van der Waals surface area contributed by atoms with E-state index in [1.807, 2.05) is 60.7 Å². The maximum Gasteiger partial charge on any atom is 0.124 e. The molecule has 0 aliphatic rings. The van der Waals surface area contributed by atoms with Gasteiger partial charge in [-0.15, -0.1) is 0 Å². The number of nitrogens with one attached hydrogen (secondary N) is 1. The minimum absolute atomic E-state index is 0.254. The lowest BCUT2D eigenvalue weighted by molar-refractivity contribution is 0.303. The van der Waals surface area contributed by atoms with Crippen molar-refractivity contribution in [3.05, 3.63) is 88.9 Å². The molecule has 0 amide bonds. The first-order valence-electron chi connectivity index (χ1n) is 7.69. The minimum Gasteiger partial charge on any atom is -0.508 e. The van der Waals surface area contributed by atoms with Crippen LogP contribution in [-0.4, -0.2) is 5.11 Å². The summed E-state index contributed by atoms with van der Waals surface area (Å²) in [6, 6.07) is 22.6. The fourth-order valence-electron chi connectivity index (χ4n) is 2.34. The Kier molecular flexibility index (Phi) is 5.24. The Balaban J connectivity index is 1.66. The van der Waals surface area contributed by atoms with Gasteiger partial charge in [-0.25, -0.2) is 0 Å². The maximum atomic E-state index is 9.33. The quantitative estimate of drug-likeness (QED) is 0.604. The van der Waals surface area contributed by atoms with Crippen molar-refractivity contribution in [1.82, 2.24) is 0 Å². The number of rotatable bonds is 6. The Morgan fingerprint density at radius 2 is 1.50 bits per heavy atom. The van der Waals surface area contributed by atoms with E-state index in [0.717, 1.165) is 22.6 Å². The number of hydrogen-bond acceptors (Lipinski definition) is 3. The molecule has 0 aromatic heterocycles. The third kappa shape index (κ3) is 4.21. The average molecular weight is 340 g/mol. The third-order valence-corrected chi connectivity index (χ3v) is 4.03. The van der Waals surface area contributed by atoms with Crippen molar-refractivity contribution in [3.63, 3.8) is 0 Å². The number of phenols is 1. The van der Waals surface area contributed by atoms with Gasteiger partial charge in [0.05, 0.1) is 0 Å². The van der Waals surface area contributed by atoms with E-state index in [4.69, 9.17) is 16.3 Å². The molecule has 3 rings (SSSR count). The maximum absolute atomic E-state index is 9.33. The Morgan fingerprint density at radius 1 is 0.833 bits per heavy atom. The summed E-state index contributed by atoms with van der Waals surface area (Å²) in [6.07, 6.45) is 0. The average Bonchev–Trinajstić information content (AvgIpc) is 2.61. The number of para-hydroxylation sites is 1. The van der Waals surface area contributed by atoms with E-state index >= 15 is 0 Å². The molecule has 0 unspecified atom stereocenters. The van der Waals surface area contributed by atoms with Crippen LogP contribution in [0.5, 0.6) is 11.5 Å². The number of hydrogen-bond donors (Lipinski definition) is 2. The molecule has 0 saturated carbocycles. The molecule has 0 bridgehead atoms. The van der Waals surface area contributed by atoms with Crippen LogP contribution >= 0.6 is 11.6 Å². The molecule has 0 atom stereocenters. The standard InChI is InChI=1S/C20H18ClNO2/c21-19-7-3-1-6-16(19)14-24-20-8-4-2-5-15(20)13-22-17-9-11-18(23)12-10-17/h1-12,22-23H,13-14H2. The van der Waals surface area contributed by atoms with Gasteiger partial charge in [-0.1, -0.05) is 48.0 Å². The first kappa shape index (κ1) is 16.2. The van der Waals surface area contributed by atoms with E-state index in [0.29, 0.717) is 18.2 Å². The number of benzene rings is 3. The van der Waals surface area contributed by atoms with Crippen molar-refractivity contribution >= 4 is 17.3 Å². The fourth-order valence-corrected chi connectivity index (χ4v) is 2.53. The van der Waals surface area contributed by atoms with Crippen LogP contribution in [-0.2, 0) is 13.2 Å². The Hall–Kier alpha value is -2.65. The van der Waals surface area contributed by atoms with Crippen molar-refractivity contribution < 1.29 is 9.84 Å². The van der Waals surface area contributed by atoms with Crippen molar-refractivity contribution in [2.75, 3.05) is 5.32 Å². The van der Waals surface area contributed by atoms with Gasteiger partial charge in [0.15, 0.2) is 0 Å². The molecule has 3 aromatic carbocycles. The van der Waals surface area contributed by atoms with E-state index in [-0.39, 0.29) is 5.75 Å². The molecule has 0 fully saturated rings. The highest BCUT2D eigenvalue weighted by Crippen LogP contribution is 2.23. The largest absolute Gasteiger partial charge is 0.508 e. The van der Waals surface area contributed by atoms with Crippen molar-refractivity contribution in [1.29, 1.82) is 0 Å². The molecule has 0 aliphatic heterocycles. The highest BCUT2D eigenvalue weighted by Gasteiger charge is 2.05. The van der Waals surface area contributed by atoms with Gasteiger partial charge in [0.1, 0.15) is 18.1 Å². The molecule has 0 heterocycles. The monoisotopic (exact) mass is 339 g/mol. The van der Waals surface area contributed by atoms with Crippen LogP contribution in [0.2, 0.25) is 5.02 Å². The molecule has 2 N–H and O–H groups in total. The van der Waals surface area contributed by atoms with Crippen molar-refractivity contribution in [2.24, 2.45) is 0 Å². The van der Waals surface area contributed by atoms with Crippen molar-refractivity contribution in [2.45, 2.75) is 13.2 Å². The molecule has 24 heavy (non-hydrogen) atoms. The lowest BCUT2D eigenvalue weighted by Gasteiger charge is -2.13. The molecular weight excluding hydrogens is 322 g/mol. The van der Waals surface area contributed by atoms with Gasteiger partial charge in [-0.2, -0.15) is 0 Å². The van der Waals surface area contributed by atoms with Crippen LogP contribution in [0, 0.1) is 0 Å². The summed E-state index contributed by atoms with van der Waals surface area (Å²) in [7, 11) is 0. The van der Waals surface area contributed by atoms with Gasteiger partial charge in [0.2, 0.25) is 0 Å². The van der Waals surface area contributed by atoms with Crippen LogP contribution in [0.25, 0.3) is 0 Å². The zero-order valence-corrected chi connectivity index (χ0v) is 13.8. The number of phenolic OH excluding ortho intramolecular Hbond substituents is 1. The highest BCUT2D eigenvalue weighted by molar-refractivity contribution is 6.31. The number of anilines is 1. The SMILES string of the molecule is Oc1ccc(NCc2ccccc2OCc2ccccc2Cl)cc1. The normalized spacial score (nSPS) is 10.4. The van der Waals surface area contributed by atoms with Crippen LogP contribution in [0.15, 0.2) is 72.8 Å². The van der Waals surface area contributed by atoms with Gasteiger partial charge in [0.25, 0.3) is 0 Å². The Labute approximate surface area is 146 Å². The predicted octanol–water partition coefficient (Wildman–Crippen LogP) is 5.24. The third-order valence-electron chi connectivity index (χ3n) is 3.66.